The zero-order valence-electron chi connectivity index (χ0n) is 22.6. The van der Waals surface area contributed by atoms with Crippen molar-refractivity contribution in [1.82, 2.24) is 10.2 Å². The number of carbonyl (C=O) groups is 2. The molecule has 0 radical (unpaired) electrons. The summed E-state index contributed by atoms with van der Waals surface area (Å²) in [5.74, 6) is -0.409. The van der Waals surface area contributed by atoms with Gasteiger partial charge < -0.3 is 15.0 Å². The Bertz CT molecular complexity index is 1380. The Morgan fingerprint density at radius 3 is 2.10 bits per heavy atom. The van der Waals surface area contributed by atoms with E-state index >= 15 is 0 Å². The summed E-state index contributed by atoms with van der Waals surface area (Å²) >= 11 is 12.9. The molecule has 0 spiro atoms. The fourth-order valence-electron chi connectivity index (χ4n) is 4.14. The topological polar surface area (TPSA) is 96.0 Å². The van der Waals surface area contributed by atoms with Crippen LogP contribution in [0, 0.1) is 0 Å². The first-order valence-corrected chi connectivity index (χ1v) is 15.1. The number of anilines is 1. The number of sulfonamides is 1. The van der Waals surface area contributed by atoms with Crippen molar-refractivity contribution in [3.05, 3.63) is 88.4 Å². The molecule has 0 heterocycles. The van der Waals surface area contributed by atoms with E-state index in [1.54, 1.807) is 67.6 Å². The van der Waals surface area contributed by atoms with E-state index in [1.807, 2.05) is 6.92 Å². The molecule has 3 aromatic rings. The van der Waals surface area contributed by atoms with Gasteiger partial charge in [0, 0.05) is 28.7 Å². The second-order valence-electron chi connectivity index (χ2n) is 8.96. The van der Waals surface area contributed by atoms with Gasteiger partial charge in [-0.15, -0.1) is 0 Å². The Morgan fingerprint density at radius 1 is 0.925 bits per heavy atom. The third kappa shape index (κ3) is 7.47. The minimum absolute atomic E-state index is 0.0204. The standard InChI is InChI=1S/C29H33Cl2N3O5S/c1-4-18-32-29(36)27(5-2)33(19-24-25(30)12-9-13-26(24)31)28(35)20-34(21-14-16-22(39-3)17-15-21)40(37,38)23-10-7-6-8-11-23/h6-17,27H,4-5,18-20H2,1-3H3,(H,32,36)/t27-/m1/s1. The fourth-order valence-corrected chi connectivity index (χ4v) is 6.09. The van der Waals surface area contributed by atoms with Gasteiger partial charge in [-0.3, -0.25) is 13.9 Å². The van der Waals surface area contributed by atoms with Gasteiger partial charge in [-0.25, -0.2) is 8.42 Å². The number of carbonyl (C=O) groups excluding carboxylic acids is 2. The summed E-state index contributed by atoms with van der Waals surface area (Å²) < 4.78 is 33.9. The summed E-state index contributed by atoms with van der Waals surface area (Å²) in [7, 11) is -2.66. The lowest BCUT2D eigenvalue weighted by Gasteiger charge is -2.33. The van der Waals surface area contributed by atoms with Gasteiger partial charge in [0.05, 0.1) is 17.7 Å². The van der Waals surface area contributed by atoms with E-state index in [0.717, 1.165) is 4.31 Å². The van der Waals surface area contributed by atoms with Crippen LogP contribution in [0.15, 0.2) is 77.7 Å². The normalized spacial score (nSPS) is 11.9. The molecule has 0 aromatic heterocycles. The Hall–Kier alpha value is -3.27. The first-order chi connectivity index (χ1) is 19.1. The number of benzene rings is 3. The Kier molecular flexibility index (Phi) is 11.2. The van der Waals surface area contributed by atoms with Gasteiger partial charge in [0.15, 0.2) is 0 Å². The quantitative estimate of drug-likeness (QED) is 0.276. The lowest BCUT2D eigenvalue weighted by Crippen LogP contribution is -2.52. The minimum Gasteiger partial charge on any atom is -0.497 e. The molecule has 0 unspecified atom stereocenters. The highest BCUT2D eigenvalue weighted by Crippen LogP contribution is 2.29. The highest BCUT2D eigenvalue weighted by Gasteiger charge is 2.34. The molecule has 0 fully saturated rings. The lowest BCUT2D eigenvalue weighted by molar-refractivity contribution is -0.140. The molecule has 0 aliphatic heterocycles. The smallest absolute Gasteiger partial charge is 0.264 e. The Labute approximate surface area is 245 Å². The number of nitrogens with zero attached hydrogens (tertiary/aromatic N) is 2. The SMILES string of the molecule is CCCNC(=O)[C@@H](CC)N(Cc1c(Cl)cccc1Cl)C(=O)CN(c1ccc(OC)cc1)S(=O)(=O)c1ccccc1. The molecule has 0 aliphatic carbocycles. The molecule has 3 rings (SSSR count). The summed E-state index contributed by atoms with van der Waals surface area (Å²) in [6, 6.07) is 18.3. The van der Waals surface area contributed by atoms with Crippen LogP contribution in [0.4, 0.5) is 5.69 Å². The van der Waals surface area contributed by atoms with E-state index in [9.17, 15) is 18.0 Å². The summed E-state index contributed by atoms with van der Waals surface area (Å²) in [5, 5.41) is 3.51. The molecule has 1 N–H and O–H groups in total. The van der Waals surface area contributed by atoms with E-state index in [-0.39, 0.29) is 29.5 Å². The molecule has 8 nitrogen and oxygen atoms in total. The van der Waals surface area contributed by atoms with Crippen LogP contribution < -0.4 is 14.4 Å². The van der Waals surface area contributed by atoms with Crippen LogP contribution in [0.2, 0.25) is 10.0 Å². The maximum Gasteiger partial charge on any atom is 0.264 e. The molecule has 2 amide bonds. The van der Waals surface area contributed by atoms with Crippen LogP contribution in [-0.2, 0) is 26.2 Å². The maximum absolute atomic E-state index is 14.1. The Balaban J connectivity index is 2.08. The number of hydrogen-bond donors (Lipinski definition) is 1. The largest absolute Gasteiger partial charge is 0.497 e. The third-order valence-corrected chi connectivity index (χ3v) is 8.79. The highest BCUT2D eigenvalue weighted by atomic mass is 35.5. The third-order valence-electron chi connectivity index (χ3n) is 6.30. The van der Waals surface area contributed by atoms with Crippen LogP contribution in [0.1, 0.15) is 32.3 Å². The average Bonchev–Trinajstić information content (AvgIpc) is 2.96. The van der Waals surface area contributed by atoms with Crippen molar-refractivity contribution in [1.29, 1.82) is 0 Å². The summed E-state index contributed by atoms with van der Waals surface area (Å²) in [6.45, 7) is 3.49. The van der Waals surface area contributed by atoms with Crippen LogP contribution >= 0.6 is 23.2 Å². The molecule has 0 saturated carbocycles. The van der Waals surface area contributed by atoms with Crippen LogP contribution in [0.5, 0.6) is 5.75 Å². The monoisotopic (exact) mass is 605 g/mol. The van der Waals surface area contributed by atoms with Crippen molar-refractivity contribution < 1.29 is 22.7 Å². The van der Waals surface area contributed by atoms with Gasteiger partial charge in [0.1, 0.15) is 18.3 Å². The van der Waals surface area contributed by atoms with E-state index in [4.69, 9.17) is 27.9 Å². The average molecular weight is 607 g/mol. The summed E-state index contributed by atoms with van der Waals surface area (Å²) in [5.41, 5.74) is 0.722. The molecular formula is C29H33Cl2N3O5S. The predicted molar refractivity (Wildman–Crippen MR) is 158 cm³/mol. The van der Waals surface area contributed by atoms with Crippen molar-refractivity contribution >= 4 is 50.7 Å². The molecule has 11 heteroatoms. The Morgan fingerprint density at radius 2 is 1.55 bits per heavy atom. The van der Waals surface area contributed by atoms with Crippen molar-refractivity contribution in [2.24, 2.45) is 0 Å². The molecule has 0 saturated heterocycles. The van der Waals surface area contributed by atoms with Gasteiger partial charge in [0.25, 0.3) is 10.0 Å². The summed E-state index contributed by atoms with van der Waals surface area (Å²) in [6.07, 6.45) is 1.00. The predicted octanol–water partition coefficient (Wildman–Crippen LogP) is 5.53. The van der Waals surface area contributed by atoms with Crippen molar-refractivity contribution in [2.45, 2.75) is 44.2 Å². The number of amides is 2. The number of halogens is 2. The highest BCUT2D eigenvalue weighted by molar-refractivity contribution is 7.92. The maximum atomic E-state index is 14.1. The first kappa shape index (κ1) is 31.3. The number of hydrogen-bond acceptors (Lipinski definition) is 5. The van der Waals surface area contributed by atoms with E-state index < -0.39 is 28.5 Å². The van der Waals surface area contributed by atoms with Gasteiger partial charge >= 0.3 is 0 Å². The lowest BCUT2D eigenvalue weighted by atomic mass is 10.1. The molecule has 40 heavy (non-hydrogen) atoms. The summed E-state index contributed by atoms with van der Waals surface area (Å²) in [4.78, 5) is 28.6. The van der Waals surface area contributed by atoms with Crippen LogP contribution in [0.25, 0.3) is 0 Å². The molecule has 214 valence electrons. The van der Waals surface area contributed by atoms with Gasteiger partial charge in [-0.05, 0) is 61.4 Å². The zero-order chi connectivity index (χ0) is 29.3. The fraction of sp³-hybridized carbons (Fsp3) is 0.310. The van der Waals surface area contributed by atoms with Crippen molar-refractivity contribution in [2.75, 3.05) is 24.5 Å². The van der Waals surface area contributed by atoms with E-state index in [1.165, 1.54) is 24.1 Å². The molecular weight excluding hydrogens is 573 g/mol. The number of nitrogens with one attached hydrogen (secondary N) is 1. The minimum atomic E-state index is -4.17. The van der Waals surface area contributed by atoms with Crippen molar-refractivity contribution in [3.63, 3.8) is 0 Å². The van der Waals surface area contributed by atoms with Crippen LogP contribution in [0.3, 0.4) is 0 Å². The second-order valence-corrected chi connectivity index (χ2v) is 11.6. The van der Waals surface area contributed by atoms with E-state index in [0.29, 0.717) is 34.3 Å². The molecule has 3 aromatic carbocycles. The second kappa shape index (κ2) is 14.4. The molecule has 0 bridgehead atoms. The number of rotatable bonds is 13. The zero-order valence-corrected chi connectivity index (χ0v) is 25.0. The van der Waals surface area contributed by atoms with E-state index in [2.05, 4.69) is 5.32 Å². The van der Waals surface area contributed by atoms with Crippen molar-refractivity contribution in [3.8, 4) is 5.75 Å². The molecule has 1 atom stereocenters. The first-order valence-electron chi connectivity index (χ1n) is 12.9. The number of ether oxygens (including phenoxy) is 1. The number of methoxy groups -OCH3 is 1. The van der Waals surface area contributed by atoms with Gasteiger partial charge in [-0.2, -0.15) is 0 Å². The van der Waals surface area contributed by atoms with Crippen LogP contribution in [-0.4, -0.2) is 51.4 Å². The van der Waals surface area contributed by atoms with Gasteiger partial charge in [-0.1, -0.05) is 61.3 Å². The van der Waals surface area contributed by atoms with Gasteiger partial charge in [0.2, 0.25) is 11.8 Å². The molecule has 0 aliphatic rings.